The van der Waals surface area contributed by atoms with Crippen molar-refractivity contribution < 1.29 is 22.0 Å². The zero-order chi connectivity index (χ0) is 18.8. The van der Waals surface area contributed by atoms with E-state index in [9.17, 15) is 22.0 Å². The maximum absolute atomic E-state index is 12.5. The first-order chi connectivity index (χ1) is 11.6. The standard InChI is InChI=1S/C18H19F2NO3S/c1-12-4-6-14(7-5-12)13(2)21(3)17(22)15-8-10-16(11-9-15)25(23,24)18(19)20/h4-11,13,18H,1-3H3. The van der Waals surface area contributed by atoms with Crippen molar-refractivity contribution in [2.24, 2.45) is 0 Å². The summed E-state index contributed by atoms with van der Waals surface area (Å²) in [7, 11) is -3.03. The molecule has 0 aliphatic heterocycles. The van der Waals surface area contributed by atoms with Crippen LogP contribution in [0.15, 0.2) is 53.4 Å². The van der Waals surface area contributed by atoms with Crippen LogP contribution in [-0.4, -0.2) is 32.0 Å². The summed E-state index contributed by atoms with van der Waals surface area (Å²) in [5, 5.41) is 0. The molecule has 0 N–H and O–H groups in total. The lowest BCUT2D eigenvalue weighted by Gasteiger charge is -2.25. The number of sulfone groups is 1. The molecule has 2 rings (SSSR count). The second kappa shape index (κ2) is 7.31. The number of alkyl halides is 2. The molecule has 0 aromatic heterocycles. The van der Waals surface area contributed by atoms with Gasteiger partial charge in [-0.25, -0.2) is 8.42 Å². The van der Waals surface area contributed by atoms with Gasteiger partial charge in [0, 0.05) is 12.6 Å². The molecule has 0 aliphatic carbocycles. The zero-order valence-electron chi connectivity index (χ0n) is 14.1. The Morgan fingerprint density at radius 3 is 2.00 bits per heavy atom. The third-order valence-electron chi connectivity index (χ3n) is 4.13. The van der Waals surface area contributed by atoms with Crippen molar-refractivity contribution in [1.29, 1.82) is 0 Å². The van der Waals surface area contributed by atoms with Crippen LogP contribution >= 0.6 is 0 Å². The Morgan fingerprint density at radius 2 is 1.52 bits per heavy atom. The Balaban J connectivity index is 2.21. The molecule has 4 nitrogen and oxygen atoms in total. The number of carbonyl (C=O) groups excluding carboxylic acids is 1. The van der Waals surface area contributed by atoms with Gasteiger partial charge in [0.05, 0.1) is 10.9 Å². The molecular formula is C18H19F2NO3S. The first-order valence-electron chi connectivity index (χ1n) is 7.60. The molecule has 25 heavy (non-hydrogen) atoms. The van der Waals surface area contributed by atoms with Crippen LogP contribution in [0, 0.1) is 6.92 Å². The summed E-state index contributed by atoms with van der Waals surface area (Å²) in [5.41, 5.74) is 2.30. The van der Waals surface area contributed by atoms with Crippen molar-refractivity contribution in [2.45, 2.75) is 30.5 Å². The largest absolute Gasteiger partial charge is 0.341 e. The SMILES string of the molecule is Cc1ccc(C(C)N(C)C(=O)c2ccc(S(=O)(=O)C(F)F)cc2)cc1. The van der Waals surface area contributed by atoms with Crippen LogP contribution in [0.1, 0.15) is 34.5 Å². The smallest absolute Gasteiger partial charge is 0.335 e. The molecule has 0 fully saturated rings. The highest BCUT2D eigenvalue weighted by Gasteiger charge is 2.27. The molecule has 1 atom stereocenters. The first-order valence-corrected chi connectivity index (χ1v) is 9.15. The Kier molecular flexibility index (Phi) is 5.57. The number of hydrogen-bond donors (Lipinski definition) is 0. The summed E-state index contributed by atoms with van der Waals surface area (Å²) in [6.07, 6.45) is 0. The topological polar surface area (TPSA) is 54.5 Å². The quantitative estimate of drug-likeness (QED) is 0.807. The van der Waals surface area contributed by atoms with E-state index in [-0.39, 0.29) is 17.5 Å². The second-order valence-corrected chi connectivity index (χ2v) is 7.75. The average Bonchev–Trinajstić information content (AvgIpc) is 2.60. The van der Waals surface area contributed by atoms with Gasteiger partial charge in [0.15, 0.2) is 0 Å². The normalized spacial score (nSPS) is 12.9. The number of nitrogens with zero attached hydrogens (tertiary/aromatic N) is 1. The van der Waals surface area contributed by atoms with Gasteiger partial charge in [-0.15, -0.1) is 0 Å². The molecule has 2 aromatic carbocycles. The molecule has 0 saturated heterocycles. The Labute approximate surface area is 146 Å². The minimum Gasteiger partial charge on any atom is -0.335 e. The summed E-state index contributed by atoms with van der Waals surface area (Å²) in [5.74, 6) is -3.81. The Morgan fingerprint density at radius 1 is 1.00 bits per heavy atom. The minimum atomic E-state index is -4.66. The number of aryl methyl sites for hydroxylation is 1. The highest BCUT2D eigenvalue weighted by molar-refractivity contribution is 7.91. The van der Waals surface area contributed by atoms with E-state index >= 15 is 0 Å². The molecular weight excluding hydrogens is 348 g/mol. The maximum Gasteiger partial charge on any atom is 0.341 e. The van der Waals surface area contributed by atoms with E-state index < -0.39 is 20.5 Å². The molecule has 0 spiro atoms. The van der Waals surface area contributed by atoms with Crippen molar-refractivity contribution in [3.63, 3.8) is 0 Å². The van der Waals surface area contributed by atoms with E-state index in [1.807, 2.05) is 38.1 Å². The summed E-state index contributed by atoms with van der Waals surface area (Å²) < 4.78 is 47.9. The maximum atomic E-state index is 12.5. The van der Waals surface area contributed by atoms with Crippen molar-refractivity contribution in [3.05, 3.63) is 65.2 Å². The summed E-state index contributed by atoms with van der Waals surface area (Å²) in [6, 6.07) is 12.1. The average molecular weight is 367 g/mol. The van der Waals surface area contributed by atoms with Gasteiger partial charge >= 0.3 is 5.76 Å². The van der Waals surface area contributed by atoms with Gasteiger partial charge < -0.3 is 4.90 Å². The minimum absolute atomic E-state index is 0.197. The van der Waals surface area contributed by atoms with Crippen LogP contribution in [0.3, 0.4) is 0 Å². The summed E-state index contributed by atoms with van der Waals surface area (Å²) in [6.45, 7) is 3.84. The van der Waals surface area contributed by atoms with Crippen LogP contribution in [0.4, 0.5) is 8.78 Å². The van der Waals surface area contributed by atoms with E-state index in [1.54, 1.807) is 7.05 Å². The summed E-state index contributed by atoms with van der Waals surface area (Å²) in [4.78, 5) is 13.6. The van der Waals surface area contributed by atoms with E-state index in [2.05, 4.69) is 0 Å². The van der Waals surface area contributed by atoms with Crippen LogP contribution in [0.2, 0.25) is 0 Å². The van der Waals surface area contributed by atoms with Crippen LogP contribution in [-0.2, 0) is 9.84 Å². The summed E-state index contributed by atoms with van der Waals surface area (Å²) >= 11 is 0. The fraction of sp³-hybridized carbons (Fsp3) is 0.278. The lowest BCUT2D eigenvalue weighted by molar-refractivity contribution is 0.0742. The molecule has 0 saturated carbocycles. The predicted octanol–water partition coefficient (Wildman–Crippen LogP) is 3.82. The number of benzene rings is 2. The number of hydrogen-bond acceptors (Lipinski definition) is 3. The lowest BCUT2D eigenvalue weighted by atomic mass is 10.0. The van der Waals surface area contributed by atoms with Gasteiger partial charge in [-0.1, -0.05) is 29.8 Å². The van der Waals surface area contributed by atoms with Crippen molar-refractivity contribution in [2.75, 3.05) is 7.05 Å². The molecule has 2 aromatic rings. The lowest BCUT2D eigenvalue weighted by Crippen LogP contribution is -2.29. The van der Waals surface area contributed by atoms with Gasteiger partial charge in [-0.05, 0) is 43.7 Å². The molecule has 0 bridgehead atoms. The Hall–Kier alpha value is -2.28. The predicted molar refractivity (Wildman–Crippen MR) is 91.3 cm³/mol. The molecule has 0 heterocycles. The number of amides is 1. The van der Waals surface area contributed by atoms with Crippen molar-refractivity contribution in [1.82, 2.24) is 4.90 Å². The van der Waals surface area contributed by atoms with E-state index in [4.69, 9.17) is 0 Å². The highest BCUT2D eigenvalue weighted by atomic mass is 32.2. The van der Waals surface area contributed by atoms with Crippen LogP contribution in [0.5, 0.6) is 0 Å². The van der Waals surface area contributed by atoms with Gasteiger partial charge in [0.2, 0.25) is 9.84 Å². The molecule has 134 valence electrons. The van der Waals surface area contributed by atoms with Crippen LogP contribution in [0.25, 0.3) is 0 Å². The number of rotatable bonds is 5. The number of halogens is 2. The van der Waals surface area contributed by atoms with Gasteiger partial charge in [-0.2, -0.15) is 8.78 Å². The van der Waals surface area contributed by atoms with Gasteiger partial charge in [0.1, 0.15) is 0 Å². The van der Waals surface area contributed by atoms with Gasteiger partial charge in [0.25, 0.3) is 5.91 Å². The fourth-order valence-electron chi connectivity index (χ4n) is 2.34. The Bertz CT molecular complexity index is 847. The third-order valence-corrected chi connectivity index (χ3v) is 5.52. The van der Waals surface area contributed by atoms with E-state index in [1.165, 1.54) is 17.0 Å². The highest BCUT2D eigenvalue weighted by Crippen LogP contribution is 2.23. The fourth-order valence-corrected chi connectivity index (χ4v) is 3.06. The van der Waals surface area contributed by atoms with Crippen molar-refractivity contribution in [3.8, 4) is 0 Å². The molecule has 1 unspecified atom stereocenters. The second-order valence-electron chi connectivity index (χ2n) is 5.83. The van der Waals surface area contributed by atoms with Crippen molar-refractivity contribution >= 4 is 15.7 Å². The van der Waals surface area contributed by atoms with E-state index in [0.717, 1.165) is 23.3 Å². The third kappa shape index (κ3) is 4.04. The van der Waals surface area contributed by atoms with Gasteiger partial charge in [-0.3, -0.25) is 4.79 Å². The molecule has 7 heteroatoms. The molecule has 0 radical (unpaired) electrons. The molecule has 1 amide bonds. The number of carbonyl (C=O) groups is 1. The zero-order valence-corrected chi connectivity index (χ0v) is 14.9. The van der Waals surface area contributed by atoms with E-state index in [0.29, 0.717) is 0 Å². The monoisotopic (exact) mass is 367 g/mol. The molecule has 0 aliphatic rings. The first kappa shape index (κ1) is 19.1. The van der Waals surface area contributed by atoms with Crippen LogP contribution < -0.4 is 0 Å².